The normalized spacial score (nSPS) is 15.9. The fraction of sp³-hybridized carbons (Fsp3) is 0.385. The number of halogens is 2. The first-order valence-corrected chi connectivity index (χ1v) is 13.8. The lowest BCUT2D eigenvalue weighted by Gasteiger charge is -2.13. The van der Waals surface area contributed by atoms with Gasteiger partial charge < -0.3 is 10.4 Å². The number of phenols is 1. The average Bonchev–Trinajstić information content (AvgIpc) is 2.78. The summed E-state index contributed by atoms with van der Waals surface area (Å²) in [5.74, 6) is 3.97. The Hall–Kier alpha value is -2.16. The van der Waals surface area contributed by atoms with Gasteiger partial charge in [0.2, 0.25) is 0 Å². The predicted molar refractivity (Wildman–Crippen MR) is 150 cm³/mol. The maximum atomic E-state index is 12.8. The van der Waals surface area contributed by atoms with Crippen LogP contribution in [0.3, 0.4) is 0 Å². The van der Waals surface area contributed by atoms with E-state index in [1.807, 2.05) is 52.0 Å². The fourth-order valence-corrected chi connectivity index (χ4v) is 4.39. The van der Waals surface area contributed by atoms with E-state index in [4.69, 9.17) is 0 Å². The van der Waals surface area contributed by atoms with Crippen LogP contribution in [-0.4, -0.2) is 40.7 Å². The SMILES string of the molecule is C=S(=O)(NCCCCN/C(C)=C/C(=N/C(C)=C(/C)Br)c1ccccc1O)C(/C=C\CF)=C/CC. The van der Waals surface area contributed by atoms with Crippen molar-refractivity contribution in [3.8, 4) is 5.75 Å². The van der Waals surface area contributed by atoms with Crippen molar-refractivity contribution < 1.29 is 13.7 Å². The Balaban J connectivity index is 2.71. The van der Waals surface area contributed by atoms with E-state index in [1.165, 1.54) is 6.08 Å². The molecule has 1 aromatic carbocycles. The minimum Gasteiger partial charge on any atom is -0.507 e. The van der Waals surface area contributed by atoms with Crippen molar-refractivity contribution in [2.75, 3.05) is 19.8 Å². The fourth-order valence-electron chi connectivity index (χ4n) is 2.90. The number of unbranched alkanes of at least 4 members (excludes halogenated alkanes) is 1. The number of nitrogens with one attached hydrogen (secondary N) is 2. The van der Waals surface area contributed by atoms with Crippen molar-refractivity contribution in [2.24, 2.45) is 4.99 Å². The number of allylic oxidation sites excluding steroid dienone is 7. The van der Waals surface area contributed by atoms with Crippen LogP contribution in [0.4, 0.5) is 4.39 Å². The van der Waals surface area contributed by atoms with E-state index in [-0.39, 0.29) is 5.75 Å². The predicted octanol–water partition coefficient (Wildman–Crippen LogP) is 6.14. The molecule has 1 rings (SSSR count). The van der Waals surface area contributed by atoms with Crippen LogP contribution in [0.5, 0.6) is 5.75 Å². The molecule has 5 nitrogen and oxygen atoms in total. The van der Waals surface area contributed by atoms with Crippen LogP contribution in [0.2, 0.25) is 0 Å². The number of aliphatic imine (C=N–C) groups is 1. The molecule has 0 aromatic heterocycles. The highest BCUT2D eigenvalue weighted by atomic mass is 79.9. The van der Waals surface area contributed by atoms with Crippen molar-refractivity contribution >= 4 is 37.2 Å². The van der Waals surface area contributed by atoms with Gasteiger partial charge in [0.25, 0.3) is 0 Å². The molecule has 3 N–H and O–H groups in total. The van der Waals surface area contributed by atoms with Gasteiger partial charge in [-0.3, -0.25) is 4.99 Å². The molecule has 0 heterocycles. The second kappa shape index (κ2) is 15.7. The Morgan fingerprint density at radius 3 is 2.53 bits per heavy atom. The van der Waals surface area contributed by atoms with E-state index in [9.17, 15) is 13.7 Å². The van der Waals surface area contributed by atoms with Crippen LogP contribution >= 0.6 is 15.9 Å². The zero-order valence-electron chi connectivity index (χ0n) is 20.5. The Morgan fingerprint density at radius 2 is 1.91 bits per heavy atom. The van der Waals surface area contributed by atoms with E-state index >= 15 is 0 Å². The molecule has 8 heteroatoms. The Kier molecular flexibility index (Phi) is 13.8. The summed E-state index contributed by atoms with van der Waals surface area (Å²) >= 11 is 3.45. The van der Waals surface area contributed by atoms with E-state index in [0.29, 0.717) is 29.1 Å². The summed E-state index contributed by atoms with van der Waals surface area (Å²) in [5.41, 5.74) is 3.06. The van der Waals surface area contributed by atoms with E-state index in [1.54, 1.807) is 18.2 Å². The van der Waals surface area contributed by atoms with Gasteiger partial charge in [-0.2, -0.15) is 0 Å². The van der Waals surface area contributed by atoms with Crippen LogP contribution in [0.15, 0.2) is 74.3 Å². The third-order valence-electron chi connectivity index (χ3n) is 4.82. The summed E-state index contributed by atoms with van der Waals surface area (Å²) < 4.78 is 29.2. The van der Waals surface area contributed by atoms with Gasteiger partial charge in [0.05, 0.1) is 15.4 Å². The second-order valence-electron chi connectivity index (χ2n) is 7.74. The first-order chi connectivity index (χ1) is 16.1. The largest absolute Gasteiger partial charge is 0.507 e. The number of hydrogen-bond donors (Lipinski definition) is 3. The van der Waals surface area contributed by atoms with Crippen LogP contribution in [0.1, 0.15) is 52.5 Å². The third kappa shape index (κ3) is 10.8. The van der Waals surface area contributed by atoms with Gasteiger partial charge in [-0.1, -0.05) is 47.1 Å². The highest BCUT2D eigenvalue weighted by molar-refractivity contribution is 9.11. The molecule has 0 amide bonds. The summed E-state index contributed by atoms with van der Waals surface area (Å²) in [7, 11) is -2.65. The van der Waals surface area contributed by atoms with Crippen molar-refractivity contribution in [2.45, 2.75) is 47.0 Å². The molecule has 0 aliphatic rings. The molecule has 0 fully saturated rings. The van der Waals surface area contributed by atoms with Crippen molar-refractivity contribution in [3.63, 3.8) is 0 Å². The molecule has 0 saturated heterocycles. The van der Waals surface area contributed by atoms with Crippen molar-refractivity contribution in [3.05, 3.63) is 74.9 Å². The summed E-state index contributed by atoms with van der Waals surface area (Å²) in [6, 6.07) is 7.12. The lowest BCUT2D eigenvalue weighted by Crippen LogP contribution is -2.26. The van der Waals surface area contributed by atoms with Crippen molar-refractivity contribution in [1.29, 1.82) is 0 Å². The second-order valence-corrected chi connectivity index (χ2v) is 11.0. The lowest BCUT2D eigenvalue weighted by atomic mass is 10.1. The first-order valence-electron chi connectivity index (χ1n) is 11.3. The smallest absolute Gasteiger partial charge is 0.124 e. The lowest BCUT2D eigenvalue weighted by molar-refractivity contribution is 0.474. The number of benzene rings is 1. The molecule has 0 saturated carbocycles. The van der Waals surface area contributed by atoms with Gasteiger partial charge in [-0.25, -0.2) is 13.3 Å². The topological polar surface area (TPSA) is 73.7 Å². The minimum atomic E-state index is -2.65. The van der Waals surface area contributed by atoms with Gasteiger partial charge in [0, 0.05) is 39.4 Å². The molecular weight excluding hydrogens is 517 g/mol. The van der Waals surface area contributed by atoms with E-state index in [2.05, 4.69) is 36.8 Å². The molecule has 0 spiro atoms. The standard InChI is InChI=1S/C26H37BrFN3O2S/c1-6-12-23(13-11-16-28)34(5,33)30-18-10-9-17-29-20(2)19-25(31-22(4)21(3)27)24-14-7-8-15-26(24)32/h7-8,11-15,19,29,32H,5-6,9-10,16-18H2,1-4H3,(H,30,33)/b13-11-,20-19+,22-21-,23-12+,31-25-. The maximum absolute atomic E-state index is 12.8. The summed E-state index contributed by atoms with van der Waals surface area (Å²) in [4.78, 5) is 5.21. The van der Waals surface area contributed by atoms with Crippen LogP contribution in [-0.2, 0) is 9.71 Å². The number of phenolic OH excluding ortho intramolecular Hbond substituents is 1. The number of hydrogen-bond acceptors (Lipinski definition) is 4. The number of para-hydroxylation sites is 1. The molecular formula is C26H37BrFN3O2S. The molecule has 188 valence electrons. The van der Waals surface area contributed by atoms with E-state index in [0.717, 1.165) is 35.3 Å². The quantitative estimate of drug-likeness (QED) is 0.112. The number of aromatic hydroxyl groups is 1. The van der Waals surface area contributed by atoms with Gasteiger partial charge in [-0.15, -0.1) is 0 Å². The van der Waals surface area contributed by atoms with Crippen LogP contribution < -0.4 is 10.0 Å². The minimum absolute atomic E-state index is 0.172. The first kappa shape index (κ1) is 29.9. The van der Waals surface area contributed by atoms with Gasteiger partial charge in [-0.05, 0) is 70.2 Å². The van der Waals surface area contributed by atoms with Crippen LogP contribution in [0.25, 0.3) is 0 Å². The number of nitrogens with zero attached hydrogens (tertiary/aromatic N) is 1. The Labute approximate surface area is 212 Å². The zero-order chi connectivity index (χ0) is 25.6. The monoisotopic (exact) mass is 553 g/mol. The van der Waals surface area contributed by atoms with Gasteiger partial charge in [0.1, 0.15) is 12.4 Å². The van der Waals surface area contributed by atoms with Gasteiger partial charge >= 0.3 is 0 Å². The van der Waals surface area contributed by atoms with Gasteiger partial charge in [0.15, 0.2) is 0 Å². The Morgan fingerprint density at radius 1 is 1.24 bits per heavy atom. The summed E-state index contributed by atoms with van der Waals surface area (Å²) in [6.45, 7) is 8.38. The molecule has 1 aromatic rings. The average molecular weight is 555 g/mol. The molecule has 1 atom stereocenters. The zero-order valence-corrected chi connectivity index (χ0v) is 22.9. The summed E-state index contributed by atoms with van der Waals surface area (Å²) in [6.07, 6.45) is 8.95. The Bertz CT molecular complexity index is 1050. The third-order valence-corrected chi connectivity index (χ3v) is 7.13. The molecule has 0 aliphatic heterocycles. The number of rotatable bonds is 14. The summed E-state index contributed by atoms with van der Waals surface area (Å²) in [5, 5.41) is 13.6. The highest BCUT2D eigenvalue weighted by Gasteiger charge is 2.09. The van der Waals surface area contributed by atoms with Crippen LogP contribution in [0, 0.1) is 0 Å². The number of alkyl halides is 1. The maximum Gasteiger partial charge on any atom is 0.124 e. The molecule has 0 aliphatic carbocycles. The molecule has 1 unspecified atom stereocenters. The van der Waals surface area contributed by atoms with Crippen molar-refractivity contribution in [1.82, 2.24) is 10.0 Å². The molecule has 0 bridgehead atoms. The van der Waals surface area contributed by atoms with E-state index < -0.39 is 16.4 Å². The highest BCUT2D eigenvalue weighted by Crippen LogP contribution is 2.20. The molecule has 34 heavy (non-hydrogen) atoms. The molecule has 0 radical (unpaired) electrons.